The van der Waals surface area contributed by atoms with Crippen LogP contribution in [-0.4, -0.2) is 24.3 Å². The number of H-pyrrole nitrogens is 1. The number of aryl methyl sites for hydroxylation is 2. The molecule has 162 valence electrons. The van der Waals surface area contributed by atoms with Gasteiger partial charge in [-0.1, -0.05) is 35.0 Å². The summed E-state index contributed by atoms with van der Waals surface area (Å²) in [5, 5.41) is 19.0. The lowest BCUT2D eigenvalue weighted by atomic mass is 9.83. The van der Waals surface area contributed by atoms with Crippen LogP contribution in [0.5, 0.6) is 0 Å². The molecule has 3 aromatic rings. The standard InChI is InChI=1S/C22H22ClN3O4S/c1-13-10-17(23)5-8-19(13)20(15-3-6-18(7-4-15)31(24,29)30)11-21(26-28)16-9-14(2)22(27)25-12-16/h3-10,12,20,28H,11H2,1-2H3,(H,25,27)(H2,24,29,30)/b26-21+. The molecule has 0 aliphatic heterocycles. The molecule has 4 N–H and O–H groups in total. The van der Waals surface area contributed by atoms with E-state index >= 15 is 0 Å². The molecule has 31 heavy (non-hydrogen) atoms. The molecule has 0 aliphatic rings. The Hall–Kier alpha value is -2.94. The van der Waals surface area contributed by atoms with Gasteiger partial charge < -0.3 is 10.2 Å². The van der Waals surface area contributed by atoms with E-state index in [1.54, 1.807) is 31.2 Å². The van der Waals surface area contributed by atoms with Gasteiger partial charge in [0.05, 0.1) is 10.6 Å². The summed E-state index contributed by atoms with van der Waals surface area (Å²) < 4.78 is 23.3. The second-order valence-corrected chi connectivity index (χ2v) is 9.32. The largest absolute Gasteiger partial charge is 0.411 e. The molecule has 0 aliphatic carbocycles. The molecule has 1 heterocycles. The Morgan fingerprint density at radius 3 is 2.35 bits per heavy atom. The number of sulfonamides is 1. The smallest absolute Gasteiger partial charge is 0.250 e. The van der Waals surface area contributed by atoms with Gasteiger partial charge in [-0.2, -0.15) is 0 Å². The second kappa shape index (κ2) is 9.05. The minimum absolute atomic E-state index is 0.00939. The first kappa shape index (κ1) is 22.7. The fourth-order valence-corrected chi connectivity index (χ4v) is 4.24. The molecule has 0 saturated heterocycles. The van der Waals surface area contributed by atoms with Gasteiger partial charge in [0.15, 0.2) is 0 Å². The van der Waals surface area contributed by atoms with Gasteiger partial charge in [0, 0.05) is 34.7 Å². The average molecular weight is 460 g/mol. The number of rotatable bonds is 6. The maximum Gasteiger partial charge on any atom is 0.250 e. The first-order valence-electron chi connectivity index (χ1n) is 9.39. The zero-order chi connectivity index (χ0) is 22.8. The van der Waals surface area contributed by atoms with Gasteiger partial charge in [-0.25, -0.2) is 13.6 Å². The molecule has 1 aromatic heterocycles. The van der Waals surface area contributed by atoms with Crippen LogP contribution in [0.4, 0.5) is 0 Å². The highest BCUT2D eigenvalue weighted by Crippen LogP contribution is 2.33. The van der Waals surface area contributed by atoms with Gasteiger partial charge in [-0.3, -0.25) is 4.79 Å². The van der Waals surface area contributed by atoms with E-state index in [1.807, 2.05) is 19.1 Å². The molecule has 7 nitrogen and oxygen atoms in total. The van der Waals surface area contributed by atoms with Crippen LogP contribution in [0, 0.1) is 13.8 Å². The first-order chi connectivity index (χ1) is 14.6. The van der Waals surface area contributed by atoms with Gasteiger partial charge >= 0.3 is 0 Å². The van der Waals surface area contributed by atoms with E-state index < -0.39 is 10.0 Å². The molecule has 0 radical (unpaired) electrons. The van der Waals surface area contributed by atoms with Crippen molar-refractivity contribution in [1.29, 1.82) is 0 Å². The minimum atomic E-state index is -3.82. The van der Waals surface area contributed by atoms with Gasteiger partial charge in [0.2, 0.25) is 10.0 Å². The normalized spacial score (nSPS) is 13.2. The van der Waals surface area contributed by atoms with E-state index in [1.165, 1.54) is 18.3 Å². The molecule has 0 saturated carbocycles. The molecular formula is C22H22ClN3O4S. The Kier molecular flexibility index (Phi) is 6.64. The van der Waals surface area contributed by atoms with Crippen LogP contribution in [0.15, 0.2) is 69.6 Å². The van der Waals surface area contributed by atoms with Gasteiger partial charge in [0.25, 0.3) is 5.56 Å². The van der Waals surface area contributed by atoms with Crippen molar-refractivity contribution in [2.24, 2.45) is 10.3 Å². The predicted octanol–water partition coefficient (Wildman–Crippen LogP) is 3.69. The highest BCUT2D eigenvalue weighted by Gasteiger charge is 2.22. The summed E-state index contributed by atoms with van der Waals surface area (Å²) in [6.45, 7) is 3.59. The number of hydrogen-bond acceptors (Lipinski definition) is 5. The second-order valence-electron chi connectivity index (χ2n) is 7.32. The lowest BCUT2D eigenvalue weighted by Crippen LogP contribution is -2.16. The van der Waals surface area contributed by atoms with Crippen LogP contribution in [0.2, 0.25) is 5.02 Å². The van der Waals surface area contributed by atoms with E-state index in [9.17, 15) is 18.4 Å². The van der Waals surface area contributed by atoms with Crippen molar-refractivity contribution >= 4 is 27.3 Å². The number of halogens is 1. The molecule has 0 bridgehead atoms. The zero-order valence-corrected chi connectivity index (χ0v) is 18.5. The number of oxime groups is 1. The van der Waals surface area contributed by atoms with E-state index in [4.69, 9.17) is 16.7 Å². The van der Waals surface area contributed by atoms with Crippen molar-refractivity contribution in [3.63, 3.8) is 0 Å². The number of aromatic amines is 1. The molecule has 1 atom stereocenters. The molecule has 2 aromatic carbocycles. The number of primary sulfonamides is 1. The summed E-state index contributed by atoms with van der Waals surface area (Å²) in [5.74, 6) is -0.273. The molecular weight excluding hydrogens is 438 g/mol. The van der Waals surface area contributed by atoms with Gasteiger partial charge in [0.1, 0.15) is 0 Å². The van der Waals surface area contributed by atoms with Crippen molar-refractivity contribution in [2.45, 2.75) is 31.1 Å². The first-order valence-corrected chi connectivity index (χ1v) is 11.3. The van der Waals surface area contributed by atoms with Crippen molar-refractivity contribution in [3.05, 3.63) is 97.9 Å². The number of nitrogens with one attached hydrogen (secondary N) is 1. The third kappa shape index (κ3) is 5.22. The summed E-state index contributed by atoms with van der Waals surface area (Å²) in [6, 6.07) is 13.4. The van der Waals surface area contributed by atoms with E-state index in [-0.39, 0.29) is 16.4 Å². The molecule has 0 spiro atoms. The maximum absolute atomic E-state index is 11.7. The predicted molar refractivity (Wildman–Crippen MR) is 121 cm³/mol. The monoisotopic (exact) mass is 459 g/mol. The number of aromatic nitrogens is 1. The summed E-state index contributed by atoms with van der Waals surface area (Å²) in [4.78, 5) is 14.3. The highest BCUT2D eigenvalue weighted by molar-refractivity contribution is 7.89. The van der Waals surface area contributed by atoms with E-state index in [0.29, 0.717) is 28.3 Å². The molecule has 0 amide bonds. The summed E-state index contributed by atoms with van der Waals surface area (Å²) in [5.41, 5.74) is 3.91. The molecule has 3 rings (SSSR count). The van der Waals surface area contributed by atoms with Crippen molar-refractivity contribution < 1.29 is 13.6 Å². The van der Waals surface area contributed by atoms with Crippen LogP contribution < -0.4 is 10.7 Å². The summed E-state index contributed by atoms with van der Waals surface area (Å²) in [6.07, 6.45) is 1.79. The number of hydrogen-bond donors (Lipinski definition) is 3. The number of nitrogens with zero attached hydrogens (tertiary/aromatic N) is 1. The third-order valence-electron chi connectivity index (χ3n) is 5.16. The fourth-order valence-electron chi connectivity index (χ4n) is 3.50. The average Bonchev–Trinajstić information content (AvgIpc) is 2.71. The van der Waals surface area contributed by atoms with E-state index in [2.05, 4.69) is 10.1 Å². The van der Waals surface area contributed by atoms with Crippen LogP contribution in [0.3, 0.4) is 0 Å². The lowest BCUT2D eigenvalue weighted by Gasteiger charge is -2.21. The SMILES string of the molecule is Cc1cc(Cl)ccc1C(C/C(=N\O)c1c[nH]c(=O)c(C)c1)c1ccc(S(N)(=O)=O)cc1. The van der Waals surface area contributed by atoms with Gasteiger partial charge in [-0.05, 0) is 60.9 Å². The van der Waals surface area contributed by atoms with Crippen molar-refractivity contribution in [3.8, 4) is 0 Å². The Balaban J connectivity index is 2.09. The summed E-state index contributed by atoms with van der Waals surface area (Å²) >= 11 is 6.12. The highest BCUT2D eigenvalue weighted by atomic mass is 35.5. The fraction of sp³-hybridized carbons (Fsp3) is 0.182. The Morgan fingerprint density at radius 1 is 1.13 bits per heavy atom. The molecule has 9 heteroatoms. The van der Waals surface area contributed by atoms with Crippen LogP contribution in [0.1, 0.15) is 40.2 Å². The van der Waals surface area contributed by atoms with Crippen LogP contribution in [0.25, 0.3) is 0 Å². The van der Waals surface area contributed by atoms with Crippen LogP contribution >= 0.6 is 11.6 Å². The Morgan fingerprint density at radius 2 is 1.81 bits per heavy atom. The Bertz CT molecular complexity index is 1300. The Labute approximate surface area is 185 Å². The molecule has 0 fully saturated rings. The quantitative estimate of drug-likeness (QED) is 0.295. The minimum Gasteiger partial charge on any atom is -0.411 e. The molecule has 1 unspecified atom stereocenters. The number of benzene rings is 2. The number of nitrogens with two attached hydrogens (primary N) is 1. The van der Waals surface area contributed by atoms with Crippen LogP contribution in [-0.2, 0) is 10.0 Å². The maximum atomic E-state index is 11.7. The topological polar surface area (TPSA) is 126 Å². The van der Waals surface area contributed by atoms with Crippen molar-refractivity contribution in [1.82, 2.24) is 4.98 Å². The van der Waals surface area contributed by atoms with E-state index in [0.717, 1.165) is 16.7 Å². The number of pyridine rings is 1. The zero-order valence-electron chi connectivity index (χ0n) is 17.0. The third-order valence-corrected chi connectivity index (χ3v) is 6.32. The van der Waals surface area contributed by atoms with Crippen molar-refractivity contribution in [2.75, 3.05) is 0 Å². The van der Waals surface area contributed by atoms with Gasteiger partial charge in [-0.15, -0.1) is 0 Å². The lowest BCUT2D eigenvalue weighted by molar-refractivity contribution is 0.317. The summed E-state index contributed by atoms with van der Waals surface area (Å²) in [7, 11) is -3.82.